The summed E-state index contributed by atoms with van der Waals surface area (Å²) < 4.78 is 0. The Kier molecular flexibility index (Phi) is 5.24. The Morgan fingerprint density at radius 1 is 1.04 bits per heavy atom. The van der Waals surface area contributed by atoms with Crippen molar-refractivity contribution in [2.45, 2.75) is 6.04 Å². The third kappa shape index (κ3) is 3.48. The van der Waals surface area contributed by atoms with E-state index in [-0.39, 0.29) is 5.91 Å². The second-order valence-electron chi connectivity index (χ2n) is 5.59. The molecule has 2 aromatic rings. The Morgan fingerprint density at radius 3 is 2.33 bits per heavy atom. The number of nitrogens with zero attached hydrogens (tertiary/aromatic N) is 2. The fourth-order valence-corrected chi connectivity index (χ4v) is 3.65. The lowest BCUT2D eigenvalue weighted by Gasteiger charge is -2.38. The molecule has 24 heavy (non-hydrogen) atoms. The van der Waals surface area contributed by atoms with Crippen LogP contribution in [0.2, 0.25) is 0 Å². The maximum atomic E-state index is 12.4. The molecule has 1 aliphatic heterocycles. The van der Waals surface area contributed by atoms with E-state index in [4.69, 9.17) is 5.21 Å². The van der Waals surface area contributed by atoms with Crippen LogP contribution in [0.3, 0.4) is 0 Å². The summed E-state index contributed by atoms with van der Waals surface area (Å²) in [5, 5.41) is 11.0. The van der Waals surface area contributed by atoms with Crippen LogP contribution in [0.5, 0.6) is 0 Å². The molecule has 0 aliphatic carbocycles. The Balaban J connectivity index is 1.69. The van der Waals surface area contributed by atoms with Crippen LogP contribution in [0.15, 0.2) is 47.8 Å². The number of benzene rings is 1. The molecule has 1 fully saturated rings. The minimum Gasteiger partial charge on any atom is -0.335 e. The average Bonchev–Trinajstić information content (AvgIpc) is 3.17. The van der Waals surface area contributed by atoms with E-state index >= 15 is 0 Å². The first-order chi connectivity index (χ1) is 11.7. The van der Waals surface area contributed by atoms with E-state index in [1.165, 1.54) is 11.3 Å². The van der Waals surface area contributed by atoms with Gasteiger partial charge in [0, 0.05) is 26.2 Å². The molecule has 7 heteroatoms. The number of hydrogen-bond acceptors (Lipinski definition) is 5. The quantitative estimate of drug-likeness (QED) is 0.654. The minimum absolute atomic E-state index is 0.0347. The number of carbonyl (C=O) groups is 2. The molecule has 2 N–H and O–H groups in total. The fourth-order valence-electron chi connectivity index (χ4n) is 2.96. The average molecular weight is 345 g/mol. The fraction of sp³-hybridized carbons (Fsp3) is 0.294. The van der Waals surface area contributed by atoms with E-state index < -0.39 is 11.9 Å². The Morgan fingerprint density at radius 2 is 1.75 bits per heavy atom. The number of nitrogens with one attached hydrogen (secondary N) is 1. The van der Waals surface area contributed by atoms with Gasteiger partial charge in [0.1, 0.15) is 6.04 Å². The summed E-state index contributed by atoms with van der Waals surface area (Å²) in [7, 11) is 0. The molecule has 2 amide bonds. The maximum Gasteiger partial charge on any atom is 0.265 e. The molecule has 0 saturated carbocycles. The molecule has 0 radical (unpaired) electrons. The lowest BCUT2D eigenvalue weighted by atomic mass is 10.0. The highest BCUT2D eigenvalue weighted by Gasteiger charge is 2.31. The monoisotopic (exact) mass is 345 g/mol. The zero-order chi connectivity index (χ0) is 16.9. The SMILES string of the molecule is O=C(NO)C(c1ccccc1)N1CCN(C(=O)c2cccs2)CC1. The van der Waals surface area contributed by atoms with Crippen LogP contribution >= 0.6 is 11.3 Å². The molecule has 0 bridgehead atoms. The third-order valence-corrected chi connectivity index (χ3v) is 5.03. The van der Waals surface area contributed by atoms with Crippen LogP contribution in [0.25, 0.3) is 0 Å². The molecular weight excluding hydrogens is 326 g/mol. The van der Waals surface area contributed by atoms with Gasteiger partial charge in [0.2, 0.25) is 0 Å². The van der Waals surface area contributed by atoms with Crippen molar-refractivity contribution in [3.8, 4) is 0 Å². The second kappa shape index (κ2) is 7.57. The highest BCUT2D eigenvalue weighted by molar-refractivity contribution is 7.12. The first-order valence-corrected chi connectivity index (χ1v) is 8.64. The number of hydrogen-bond donors (Lipinski definition) is 2. The molecule has 3 rings (SSSR count). The molecule has 126 valence electrons. The van der Waals surface area contributed by atoms with Gasteiger partial charge in [-0.05, 0) is 17.0 Å². The number of thiophene rings is 1. The lowest BCUT2D eigenvalue weighted by Crippen LogP contribution is -2.52. The topological polar surface area (TPSA) is 72.9 Å². The zero-order valence-corrected chi connectivity index (χ0v) is 13.9. The Labute approximate surface area is 144 Å². The van der Waals surface area contributed by atoms with Crippen molar-refractivity contribution < 1.29 is 14.8 Å². The summed E-state index contributed by atoms with van der Waals surface area (Å²) in [6.45, 7) is 2.26. The van der Waals surface area contributed by atoms with Crippen LogP contribution in [0.1, 0.15) is 21.3 Å². The normalized spacial score (nSPS) is 16.6. The van der Waals surface area contributed by atoms with Crippen LogP contribution in [-0.2, 0) is 4.79 Å². The molecule has 1 aliphatic rings. The molecule has 1 unspecified atom stereocenters. The Hall–Kier alpha value is -2.22. The van der Waals surface area contributed by atoms with E-state index in [1.807, 2.05) is 52.7 Å². The van der Waals surface area contributed by atoms with E-state index in [0.29, 0.717) is 26.2 Å². The summed E-state index contributed by atoms with van der Waals surface area (Å²) in [5.74, 6) is -0.424. The zero-order valence-electron chi connectivity index (χ0n) is 13.1. The van der Waals surface area contributed by atoms with Crippen molar-refractivity contribution in [1.82, 2.24) is 15.3 Å². The predicted molar refractivity (Wildman–Crippen MR) is 90.9 cm³/mol. The number of rotatable bonds is 4. The lowest BCUT2D eigenvalue weighted by molar-refractivity contribution is -0.135. The second-order valence-corrected chi connectivity index (χ2v) is 6.54. The van der Waals surface area contributed by atoms with Gasteiger partial charge in [0.25, 0.3) is 11.8 Å². The van der Waals surface area contributed by atoms with E-state index in [0.717, 1.165) is 10.4 Å². The summed E-state index contributed by atoms with van der Waals surface area (Å²) in [5.41, 5.74) is 2.58. The third-order valence-electron chi connectivity index (χ3n) is 4.17. The van der Waals surface area contributed by atoms with Crippen LogP contribution < -0.4 is 5.48 Å². The van der Waals surface area contributed by atoms with Crippen molar-refractivity contribution in [2.24, 2.45) is 0 Å². The molecule has 0 spiro atoms. The molecule has 6 nitrogen and oxygen atoms in total. The molecule has 1 aromatic carbocycles. The van der Waals surface area contributed by atoms with E-state index in [9.17, 15) is 9.59 Å². The van der Waals surface area contributed by atoms with E-state index in [2.05, 4.69) is 0 Å². The summed E-state index contributed by atoms with van der Waals surface area (Å²) in [6.07, 6.45) is 0. The number of carbonyl (C=O) groups excluding carboxylic acids is 2. The first kappa shape index (κ1) is 16.6. The van der Waals surface area contributed by atoms with Crippen molar-refractivity contribution in [3.63, 3.8) is 0 Å². The smallest absolute Gasteiger partial charge is 0.265 e. The minimum atomic E-state index is -0.560. The molecule has 1 atom stereocenters. The van der Waals surface area contributed by atoms with E-state index in [1.54, 1.807) is 10.4 Å². The number of amides is 2. The van der Waals surface area contributed by atoms with Crippen LogP contribution in [-0.4, -0.2) is 53.0 Å². The van der Waals surface area contributed by atoms with Gasteiger partial charge >= 0.3 is 0 Å². The molecular formula is C17H19N3O3S. The molecule has 1 aromatic heterocycles. The van der Waals surface area contributed by atoms with Gasteiger partial charge in [0.15, 0.2) is 0 Å². The van der Waals surface area contributed by atoms with Crippen molar-refractivity contribution in [1.29, 1.82) is 0 Å². The maximum absolute atomic E-state index is 12.4. The van der Waals surface area contributed by atoms with Gasteiger partial charge in [-0.1, -0.05) is 36.4 Å². The number of piperazine rings is 1. The Bertz CT molecular complexity index is 682. The highest BCUT2D eigenvalue weighted by atomic mass is 32.1. The molecule has 2 heterocycles. The van der Waals surface area contributed by atoms with Gasteiger partial charge in [0.05, 0.1) is 4.88 Å². The number of hydroxylamine groups is 1. The van der Waals surface area contributed by atoms with Gasteiger partial charge in [-0.15, -0.1) is 11.3 Å². The van der Waals surface area contributed by atoms with Gasteiger partial charge in [-0.25, -0.2) is 5.48 Å². The highest BCUT2D eigenvalue weighted by Crippen LogP contribution is 2.23. The van der Waals surface area contributed by atoms with Gasteiger partial charge in [-0.3, -0.25) is 19.7 Å². The van der Waals surface area contributed by atoms with Crippen molar-refractivity contribution in [2.75, 3.05) is 26.2 Å². The van der Waals surface area contributed by atoms with Gasteiger partial charge < -0.3 is 4.90 Å². The van der Waals surface area contributed by atoms with Crippen molar-refractivity contribution in [3.05, 3.63) is 58.3 Å². The summed E-state index contributed by atoms with van der Waals surface area (Å²) in [6, 6.07) is 12.5. The molecule has 1 saturated heterocycles. The summed E-state index contributed by atoms with van der Waals surface area (Å²) >= 11 is 1.44. The predicted octanol–water partition coefficient (Wildman–Crippen LogP) is 1.75. The van der Waals surface area contributed by atoms with Gasteiger partial charge in [-0.2, -0.15) is 0 Å². The van der Waals surface area contributed by atoms with Crippen molar-refractivity contribution >= 4 is 23.2 Å². The van der Waals surface area contributed by atoms with Crippen LogP contribution in [0.4, 0.5) is 0 Å². The first-order valence-electron chi connectivity index (χ1n) is 7.76. The summed E-state index contributed by atoms with van der Waals surface area (Å²) in [4.78, 5) is 29.1. The van der Waals surface area contributed by atoms with Crippen LogP contribution in [0, 0.1) is 0 Å². The largest absolute Gasteiger partial charge is 0.335 e. The standard InChI is InChI=1S/C17H19N3O3S/c21-16(18-23)15(13-5-2-1-3-6-13)19-8-10-20(11-9-19)17(22)14-7-4-12-24-14/h1-7,12,15,23H,8-11H2,(H,18,21).